The zero-order valence-electron chi connectivity index (χ0n) is 21.7. The lowest BCUT2D eigenvalue weighted by molar-refractivity contribution is -0.132. The van der Waals surface area contributed by atoms with Crippen molar-refractivity contribution in [2.45, 2.75) is 70.2 Å². The van der Waals surface area contributed by atoms with Gasteiger partial charge in [-0.15, -0.1) is 0 Å². The lowest BCUT2D eigenvalue weighted by Gasteiger charge is -2.27. The number of carbonyl (C=O) groups is 3. The molecule has 9 nitrogen and oxygen atoms in total. The first-order valence-corrected chi connectivity index (χ1v) is 13.0. The number of rotatable bonds is 8. The first kappa shape index (κ1) is 29.1. The molecule has 10 heteroatoms. The fourth-order valence-corrected chi connectivity index (χ4v) is 4.32. The number of amides is 3. The first-order chi connectivity index (χ1) is 18.2. The summed E-state index contributed by atoms with van der Waals surface area (Å²) in [4.78, 5) is 37.1. The molecule has 2 aliphatic heterocycles. The van der Waals surface area contributed by atoms with Crippen LogP contribution in [0.2, 0.25) is 0 Å². The van der Waals surface area contributed by atoms with Gasteiger partial charge in [0.15, 0.2) is 11.6 Å². The number of aliphatic hydroxyl groups is 1. The van der Waals surface area contributed by atoms with Gasteiger partial charge in [-0.05, 0) is 54.5 Å². The summed E-state index contributed by atoms with van der Waals surface area (Å²) in [5.41, 5.74) is 8.12. The normalized spacial score (nSPS) is 19.8. The predicted octanol–water partition coefficient (Wildman–Crippen LogP) is 1.49. The van der Waals surface area contributed by atoms with Gasteiger partial charge in [0.1, 0.15) is 6.04 Å². The largest absolute Gasteiger partial charge is 0.491 e. The van der Waals surface area contributed by atoms with Crippen molar-refractivity contribution in [1.29, 1.82) is 0 Å². The Morgan fingerprint density at radius 2 is 1.97 bits per heavy atom. The number of hydrogen-bond acceptors (Lipinski definition) is 6. The summed E-state index contributed by atoms with van der Waals surface area (Å²) >= 11 is 0. The molecule has 2 aromatic carbocycles. The van der Waals surface area contributed by atoms with Gasteiger partial charge in [-0.1, -0.05) is 37.3 Å². The van der Waals surface area contributed by atoms with E-state index in [2.05, 4.69) is 28.9 Å². The molecule has 0 saturated carbocycles. The van der Waals surface area contributed by atoms with E-state index < -0.39 is 48.1 Å². The Morgan fingerprint density at radius 3 is 2.71 bits per heavy atom. The quantitative estimate of drug-likeness (QED) is 0.351. The number of ether oxygens (including phenoxy) is 1. The Hall–Kier alpha value is -3.50. The van der Waals surface area contributed by atoms with Gasteiger partial charge in [-0.2, -0.15) is 0 Å². The topological polar surface area (TPSA) is 143 Å². The van der Waals surface area contributed by atoms with Crippen LogP contribution in [0, 0.1) is 5.82 Å². The number of hydrogen-bond donors (Lipinski definition) is 5. The van der Waals surface area contributed by atoms with Gasteiger partial charge < -0.3 is 31.5 Å². The Bertz CT molecular complexity index is 1110. The Balaban J connectivity index is 1.78. The van der Waals surface area contributed by atoms with Crippen LogP contribution in [-0.4, -0.2) is 54.2 Å². The average Bonchev–Trinajstić information content (AvgIpc) is 2.88. The van der Waals surface area contributed by atoms with Gasteiger partial charge in [0.25, 0.3) is 0 Å². The van der Waals surface area contributed by atoms with Crippen LogP contribution in [0.15, 0.2) is 42.5 Å². The second-order valence-corrected chi connectivity index (χ2v) is 9.55. The molecule has 3 amide bonds. The summed E-state index contributed by atoms with van der Waals surface area (Å²) in [6.07, 6.45) is 0.621. The Kier molecular flexibility index (Phi) is 11.0. The minimum Gasteiger partial charge on any atom is -0.491 e. The number of nitrogens with two attached hydrogens (primary N) is 1. The third-order valence-electron chi connectivity index (χ3n) is 6.44. The molecular weight excluding hydrogens is 491 g/mol. The SMILES string of the molecule is CCc1cccc(CNC[C@@H](O)[C@@H]2Cc3ccc(c(F)c3)OCCCCC(=O)NC(CC(N)=O)C(=O)N2)c1. The van der Waals surface area contributed by atoms with Crippen LogP contribution in [-0.2, 0) is 33.8 Å². The maximum absolute atomic E-state index is 14.7. The van der Waals surface area contributed by atoms with E-state index in [-0.39, 0.29) is 31.7 Å². The molecule has 2 aliphatic rings. The van der Waals surface area contributed by atoms with Crippen LogP contribution in [0.3, 0.4) is 0 Å². The fourth-order valence-electron chi connectivity index (χ4n) is 4.32. The van der Waals surface area contributed by atoms with E-state index in [1.807, 2.05) is 18.2 Å². The number of aliphatic hydroxyl groups excluding tert-OH is 1. The van der Waals surface area contributed by atoms with E-state index in [1.165, 1.54) is 17.7 Å². The molecule has 206 valence electrons. The zero-order valence-corrected chi connectivity index (χ0v) is 21.7. The molecule has 4 rings (SSSR count). The molecule has 38 heavy (non-hydrogen) atoms. The van der Waals surface area contributed by atoms with Crippen LogP contribution in [0.4, 0.5) is 4.39 Å². The van der Waals surface area contributed by atoms with Gasteiger partial charge in [0.2, 0.25) is 17.7 Å². The monoisotopic (exact) mass is 528 g/mol. The lowest BCUT2D eigenvalue weighted by Crippen LogP contribution is -2.55. The summed E-state index contributed by atoms with van der Waals surface area (Å²) in [5, 5.41) is 19.5. The number of nitrogens with one attached hydrogen (secondary N) is 3. The van der Waals surface area contributed by atoms with Gasteiger partial charge in [-0.25, -0.2) is 4.39 Å². The molecule has 2 aromatic rings. The van der Waals surface area contributed by atoms with Crippen LogP contribution in [0.5, 0.6) is 5.75 Å². The number of halogens is 1. The smallest absolute Gasteiger partial charge is 0.243 e. The zero-order chi connectivity index (χ0) is 27.5. The van der Waals surface area contributed by atoms with Crippen molar-refractivity contribution >= 4 is 17.7 Å². The van der Waals surface area contributed by atoms with Crippen molar-refractivity contribution in [3.05, 3.63) is 65.0 Å². The van der Waals surface area contributed by atoms with Crippen molar-refractivity contribution in [1.82, 2.24) is 16.0 Å². The van der Waals surface area contributed by atoms with Crippen LogP contribution >= 0.6 is 0 Å². The molecule has 0 spiro atoms. The van der Waals surface area contributed by atoms with Crippen molar-refractivity contribution in [3.63, 3.8) is 0 Å². The van der Waals surface area contributed by atoms with E-state index >= 15 is 0 Å². The molecule has 0 aliphatic carbocycles. The van der Waals surface area contributed by atoms with Gasteiger partial charge in [0, 0.05) is 19.5 Å². The highest BCUT2D eigenvalue weighted by Crippen LogP contribution is 2.20. The van der Waals surface area contributed by atoms with Gasteiger partial charge >= 0.3 is 0 Å². The standard InChI is InChI=1S/C28H37FN4O5/c1-2-18-6-5-7-20(12-18)16-31-17-24(34)22-14-19-9-10-25(21(29)13-19)38-11-4-3-8-27(36)32-23(15-26(30)35)28(37)33-22/h5-7,9-10,12-13,22-24,31,34H,2-4,8,11,14-17H2,1H3,(H2,30,35)(H,32,36)(H,33,37)/t22-,23?,24+/m0/s1. The number of benzene rings is 2. The third kappa shape index (κ3) is 9.11. The van der Waals surface area contributed by atoms with Crippen molar-refractivity contribution in [2.24, 2.45) is 5.73 Å². The number of primary amides is 1. The molecule has 2 bridgehead atoms. The molecule has 0 fully saturated rings. The van der Waals surface area contributed by atoms with Crippen LogP contribution in [0.1, 0.15) is 49.3 Å². The highest BCUT2D eigenvalue weighted by molar-refractivity contribution is 5.91. The predicted molar refractivity (Wildman–Crippen MR) is 141 cm³/mol. The average molecular weight is 529 g/mol. The minimum atomic E-state index is -1.19. The second-order valence-electron chi connectivity index (χ2n) is 9.55. The minimum absolute atomic E-state index is 0.0997. The fraction of sp³-hybridized carbons (Fsp3) is 0.464. The van der Waals surface area contributed by atoms with E-state index in [0.717, 1.165) is 12.0 Å². The highest BCUT2D eigenvalue weighted by atomic mass is 19.1. The molecule has 0 aromatic heterocycles. The Labute approximate surface area is 222 Å². The first-order valence-electron chi connectivity index (χ1n) is 13.0. The summed E-state index contributed by atoms with van der Waals surface area (Å²) < 4.78 is 20.2. The maximum Gasteiger partial charge on any atom is 0.243 e. The lowest BCUT2D eigenvalue weighted by atomic mass is 9.99. The van der Waals surface area contributed by atoms with Crippen LogP contribution < -0.4 is 26.4 Å². The van der Waals surface area contributed by atoms with Crippen LogP contribution in [0.25, 0.3) is 0 Å². The van der Waals surface area contributed by atoms with Crippen molar-refractivity contribution in [3.8, 4) is 5.75 Å². The molecule has 2 heterocycles. The number of carbonyl (C=O) groups excluding carboxylic acids is 3. The van der Waals surface area contributed by atoms with Gasteiger partial charge in [-0.3, -0.25) is 14.4 Å². The summed E-state index contributed by atoms with van der Waals surface area (Å²) in [7, 11) is 0. The van der Waals surface area contributed by atoms with Crippen molar-refractivity contribution in [2.75, 3.05) is 13.2 Å². The van der Waals surface area contributed by atoms with E-state index in [0.29, 0.717) is 24.9 Å². The summed E-state index contributed by atoms with van der Waals surface area (Å²) in [6, 6.07) is 10.6. The number of fused-ring (bicyclic) bond motifs is 13. The molecule has 6 N–H and O–H groups in total. The summed E-state index contributed by atoms with van der Waals surface area (Å²) in [5.74, 6) is -2.26. The third-order valence-corrected chi connectivity index (χ3v) is 6.44. The number of aryl methyl sites for hydroxylation is 1. The molecular formula is C28H37FN4O5. The Morgan fingerprint density at radius 1 is 1.18 bits per heavy atom. The maximum atomic E-state index is 14.7. The summed E-state index contributed by atoms with van der Waals surface area (Å²) in [6.45, 7) is 2.94. The highest BCUT2D eigenvalue weighted by Gasteiger charge is 2.28. The van der Waals surface area contributed by atoms with E-state index in [1.54, 1.807) is 6.07 Å². The van der Waals surface area contributed by atoms with Crippen molar-refractivity contribution < 1.29 is 28.6 Å². The second kappa shape index (κ2) is 14.4. The van der Waals surface area contributed by atoms with Gasteiger partial charge in [0.05, 0.1) is 25.2 Å². The molecule has 1 unspecified atom stereocenters. The molecule has 0 saturated heterocycles. The molecule has 3 atom stereocenters. The van der Waals surface area contributed by atoms with E-state index in [4.69, 9.17) is 10.5 Å². The molecule has 0 radical (unpaired) electrons. The van der Waals surface area contributed by atoms with E-state index in [9.17, 15) is 23.9 Å².